The molecule has 1 fully saturated rings. The normalized spacial score (nSPS) is 20.4. The summed E-state index contributed by atoms with van der Waals surface area (Å²) in [7, 11) is -3.19. The molecule has 8 heteroatoms. The van der Waals surface area contributed by atoms with E-state index in [-0.39, 0.29) is 18.5 Å². The molecule has 1 atom stereocenters. The molecule has 0 aromatic carbocycles. The van der Waals surface area contributed by atoms with E-state index >= 15 is 0 Å². The van der Waals surface area contributed by atoms with Gasteiger partial charge in [0.25, 0.3) is 0 Å². The van der Waals surface area contributed by atoms with Crippen molar-refractivity contribution in [3.63, 3.8) is 0 Å². The predicted octanol–water partition coefficient (Wildman–Crippen LogP) is 0.0401. The minimum absolute atomic E-state index is 0.127. The summed E-state index contributed by atoms with van der Waals surface area (Å²) in [5, 5.41) is 7.15. The minimum atomic E-state index is -3.19. The lowest BCUT2D eigenvalue weighted by molar-refractivity contribution is -0.122. The molecule has 1 aliphatic heterocycles. The third kappa shape index (κ3) is 4.28. The summed E-state index contributed by atoms with van der Waals surface area (Å²) in [6.07, 6.45) is 2.76. The highest BCUT2D eigenvalue weighted by Crippen LogP contribution is 2.13. The predicted molar refractivity (Wildman–Crippen MR) is 79.3 cm³/mol. The maximum Gasteiger partial charge on any atom is 0.242 e. The molecule has 1 N–H and O–H groups in total. The van der Waals surface area contributed by atoms with Crippen molar-refractivity contribution in [2.75, 3.05) is 19.3 Å². The quantitative estimate of drug-likeness (QED) is 0.850. The number of rotatable bonds is 4. The largest absolute Gasteiger partial charge is 0.350 e. The third-order valence-electron chi connectivity index (χ3n) is 3.61. The lowest BCUT2D eigenvalue weighted by Crippen LogP contribution is -2.49. The summed E-state index contributed by atoms with van der Waals surface area (Å²) in [6, 6.07) is 1.79. The molecule has 7 nitrogen and oxygen atoms in total. The lowest BCUT2D eigenvalue weighted by Gasteiger charge is -2.31. The highest BCUT2D eigenvalue weighted by atomic mass is 32.2. The van der Waals surface area contributed by atoms with Gasteiger partial charge in [0.05, 0.1) is 11.9 Å². The van der Waals surface area contributed by atoms with Crippen molar-refractivity contribution in [2.24, 2.45) is 0 Å². The standard InChI is InChI=1S/C13H22N4O3S/c1-10-7-11(2)17(15-10)9-13(18)14-12-5-4-6-16(8-12)21(3,19)20/h7,12H,4-6,8-9H2,1-3H3,(H,14,18). The number of piperidine rings is 1. The van der Waals surface area contributed by atoms with E-state index in [9.17, 15) is 13.2 Å². The molecule has 0 spiro atoms. The minimum Gasteiger partial charge on any atom is -0.350 e. The zero-order valence-electron chi connectivity index (χ0n) is 12.7. The summed E-state index contributed by atoms with van der Waals surface area (Å²) in [6.45, 7) is 4.82. The second-order valence-corrected chi connectivity index (χ2v) is 7.59. The van der Waals surface area contributed by atoms with Crippen molar-refractivity contribution in [1.29, 1.82) is 0 Å². The SMILES string of the molecule is Cc1cc(C)n(CC(=O)NC2CCCN(S(C)(=O)=O)C2)n1. The van der Waals surface area contributed by atoms with E-state index < -0.39 is 10.0 Å². The molecule has 1 aromatic rings. The molecule has 2 rings (SSSR count). The van der Waals surface area contributed by atoms with Crippen LogP contribution in [-0.2, 0) is 21.4 Å². The number of hydrogen-bond acceptors (Lipinski definition) is 4. The Bertz CT molecular complexity index is 623. The van der Waals surface area contributed by atoms with E-state index in [1.807, 2.05) is 19.9 Å². The number of amides is 1. The summed E-state index contributed by atoms with van der Waals surface area (Å²) < 4.78 is 26.2. The van der Waals surface area contributed by atoms with Crippen LogP contribution < -0.4 is 5.32 Å². The second-order valence-electron chi connectivity index (χ2n) is 5.61. The van der Waals surface area contributed by atoms with E-state index in [0.29, 0.717) is 13.1 Å². The first-order valence-electron chi connectivity index (χ1n) is 7.01. The van der Waals surface area contributed by atoms with Gasteiger partial charge < -0.3 is 5.32 Å². The number of aryl methyl sites for hydroxylation is 2. The first kappa shape index (κ1) is 16.0. The molecule has 0 bridgehead atoms. The molecule has 21 heavy (non-hydrogen) atoms. The molecule has 1 amide bonds. The zero-order valence-corrected chi connectivity index (χ0v) is 13.5. The summed E-state index contributed by atoms with van der Waals surface area (Å²) in [5.41, 5.74) is 1.81. The van der Waals surface area contributed by atoms with Crippen LogP contribution in [0.15, 0.2) is 6.07 Å². The van der Waals surface area contributed by atoms with Crippen molar-refractivity contribution >= 4 is 15.9 Å². The number of hydrogen-bond donors (Lipinski definition) is 1. The van der Waals surface area contributed by atoms with Gasteiger partial charge in [-0.15, -0.1) is 0 Å². The van der Waals surface area contributed by atoms with Crippen molar-refractivity contribution < 1.29 is 13.2 Å². The molecule has 1 aliphatic rings. The van der Waals surface area contributed by atoms with Gasteiger partial charge >= 0.3 is 0 Å². The second kappa shape index (κ2) is 6.15. The molecule has 0 aliphatic carbocycles. The Morgan fingerprint density at radius 3 is 2.76 bits per heavy atom. The van der Waals surface area contributed by atoms with E-state index in [4.69, 9.17) is 0 Å². The van der Waals surface area contributed by atoms with Crippen LogP contribution in [0.5, 0.6) is 0 Å². The fraction of sp³-hybridized carbons (Fsp3) is 0.692. The van der Waals surface area contributed by atoms with Crippen LogP contribution in [0.3, 0.4) is 0 Å². The number of nitrogens with one attached hydrogen (secondary N) is 1. The van der Waals surface area contributed by atoms with Crippen molar-refractivity contribution in [1.82, 2.24) is 19.4 Å². The smallest absolute Gasteiger partial charge is 0.242 e. The highest BCUT2D eigenvalue weighted by molar-refractivity contribution is 7.88. The Morgan fingerprint density at radius 2 is 2.19 bits per heavy atom. The zero-order chi connectivity index (χ0) is 15.6. The summed E-state index contributed by atoms with van der Waals surface area (Å²) in [5.74, 6) is -0.137. The monoisotopic (exact) mass is 314 g/mol. The van der Waals surface area contributed by atoms with Crippen LogP contribution in [0.25, 0.3) is 0 Å². The van der Waals surface area contributed by atoms with Crippen LogP contribution >= 0.6 is 0 Å². The third-order valence-corrected chi connectivity index (χ3v) is 4.88. The molecule has 1 saturated heterocycles. The van der Waals surface area contributed by atoms with E-state index in [1.165, 1.54) is 10.6 Å². The van der Waals surface area contributed by atoms with Gasteiger partial charge in [-0.3, -0.25) is 9.48 Å². The molecule has 118 valence electrons. The Kier molecular flexibility index (Phi) is 4.67. The van der Waals surface area contributed by atoms with Crippen molar-refractivity contribution in [3.05, 3.63) is 17.5 Å². The lowest BCUT2D eigenvalue weighted by atomic mass is 10.1. The molecule has 0 saturated carbocycles. The van der Waals surface area contributed by atoms with E-state index in [1.54, 1.807) is 4.68 Å². The molecule has 1 unspecified atom stereocenters. The Hall–Kier alpha value is -1.41. The maximum atomic E-state index is 12.1. The van der Waals surface area contributed by atoms with Crippen LogP contribution in [0, 0.1) is 13.8 Å². The summed E-state index contributed by atoms with van der Waals surface area (Å²) >= 11 is 0. The Morgan fingerprint density at radius 1 is 1.48 bits per heavy atom. The van der Waals surface area contributed by atoms with Gasteiger partial charge in [-0.25, -0.2) is 12.7 Å². The van der Waals surface area contributed by atoms with Gasteiger partial charge in [-0.05, 0) is 32.8 Å². The number of aromatic nitrogens is 2. The highest BCUT2D eigenvalue weighted by Gasteiger charge is 2.26. The number of carbonyl (C=O) groups excluding carboxylic acids is 1. The van der Waals surface area contributed by atoms with Gasteiger partial charge in [-0.2, -0.15) is 5.10 Å². The topological polar surface area (TPSA) is 84.3 Å². The van der Waals surface area contributed by atoms with Crippen LogP contribution in [0.2, 0.25) is 0 Å². The van der Waals surface area contributed by atoms with Gasteiger partial charge in [0.2, 0.25) is 15.9 Å². The average molecular weight is 314 g/mol. The van der Waals surface area contributed by atoms with Crippen LogP contribution in [0.4, 0.5) is 0 Å². The molecular weight excluding hydrogens is 292 g/mol. The van der Waals surface area contributed by atoms with Gasteiger partial charge in [0.15, 0.2) is 0 Å². The van der Waals surface area contributed by atoms with E-state index in [0.717, 1.165) is 24.2 Å². The summed E-state index contributed by atoms with van der Waals surface area (Å²) in [4.78, 5) is 12.1. The van der Waals surface area contributed by atoms with Gasteiger partial charge in [-0.1, -0.05) is 0 Å². The van der Waals surface area contributed by atoms with Crippen molar-refractivity contribution in [2.45, 2.75) is 39.3 Å². The maximum absolute atomic E-state index is 12.1. The van der Waals surface area contributed by atoms with Crippen LogP contribution in [0.1, 0.15) is 24.2 Å². The first-order chi connectivity index (χ1) is 9.75. The molecule has 1 aromatic heterocycles. The Labute approximate surface area is 125 Å². The van der Waals surface area contributed by atoms with Crippen LogP contribution in [-0.4, -0.2) is 53.8 Å². The molecule has 0 radical (unpaired) electrons. The first-order valence-corrected chi connectivity index (χ1v) is 8.86. The fourth-order valence-corrected chi connectivity index (χ4v) is 3.52. The van der Waals surface area contributed by atoms with E-state index in [2.05, 4.69) is 10.4 Å². The molecule has 2 heterocycles. The average Bonchev–Trinajstić information content (AvgIpc) is 2.67. The van der Waals surface area contributed by atoms with Gasteiger partial charge in [0.1, 0.15) is 6.54 Å². The Balaban J connectivity index is 1.92. The number of nitrogens with zero attached hydrogens (tertiary/aromatic N) is 3. The van der Waals surface area contributed by atoms with Gasteiger partial charge in [0, 0.05) is 24.8 Å². The van der Waals surface area contributed by atoms with Crippen molar-refractivity contribution in [3.8, 4) is 0 Å². The number of carbonyl (C=O) groups is 1. The number of sulfonamides is 1. The molecular formula is C13H22N4O3S. The fourth-order valence-electron chi connectivity index (χ4n) is 2.61.